The highest BCUT2D eigenvalue weighted by atomic mass is 35.5. The van der Waals surface area contributed by atoms with Crippen molar-refractivity contribution in [1.82, 2.24) is 5.32 Å². The van der Waals surface area contributed by atoms with Crippen molar-refractivity contribution in [3.63, 3.8) is 0 Å². The number of hydrogen-bond acceptors (Lipinski definition) is 4. The Balaban J connectivity index is 0.00000225. The summed E-state index contributed by atoms with van der Waals surface area (Å²) in [5, 5.41) is 3.38. The normalized spacial score (nSPS) is 15.8. The van der Waals surface area contributed by atoms with Gasteiger partial charge in [0.2, 0.25) is 0 Å². The topological polar surface area (TPSA) is 73.6 Å². The van der Waals surface area contributed by atoms with Crippen molar-refractivity contribution in [2.45, 2.75) is 18.9 Å². The molecule has 2 aromatic carbocycles. The molecule has 0 saturated heterocycles. The lowest BCUT2D eigenvalue weighted by atomic mass is 10.0. The predicted molar refractivity (Wildman–Crippen MR) is 101 cm³/mol. The highest BCUT2D eigenvalue weighted by molar-refractivity contribution is 6.33. The Morgan fingerprint density at radius 3 is 2.88 bits per heavy atom. The second kappa shape index (κ2) is 8.32. The number of fused-ring (bicyclic) bond motifs is 1. The number of carbonyl (C=O) groups excluding carboxylic acids is 1. The summed E-state index contributed by atoms with van der Waals surface area (Å²) in [5.74, 6) is 0.950. The number of hydrogen-bond donors (Lipinski definition) is 2. The molecule has 0 fully saturated rings. The van der Waals surface area contributed by atoms with Gasteiger partial charge < -0.3 is 20.5 Å². The molecule has 0 aromatic heterocycles. The fraction of sp³-hybridized carbons (Fsp3) is 0.278. The van der Waals surface area contributed by atoms with Crippen LogP contribution in [0.4, 0.5) is 5.69 Å². The van der Waals surface area contributed by atoms with E-state index < -0.39 is 0 Å². The first-order valence-corrected chi connectivity index (χ1v) is 8.13. The molecule has 2 aromatic rings. The van der Waals surface area contributed by atoms with Crippen molar-refractivity contribution in [3.8, 4) is 11.5 Å². The second-order valence-electron chi connectivity index (χ2n) is 5.63. The molecule has 134 valence electrons. The average molecular weight is 383 g/mol. The van der Waals surface area contributed by atoms with Gasteiger partial charge in [0.15, 0.2) is 0 Å². The van der Waals surface area contributed by atoms with Crippen molar-refractivity contribution in [2.24, 2.45) is 0 Å². The number of benzene rings is 2. The molecule has 1 atom stereocenters. The summed E-state index contributed by atoms with van der Waals surface area (Å²) >= 11 is 6.06. The van der Waals surface area contributed by atoms with Gasteiger partial charge in [-0.3, -0.25) is 4.79 Å². The number of ether oxygens (including phenoxy) is 2. The third-order valence-corrected chi connectivity index (χ3v) is 4.39. The second-order valence-corrected chi connectivity index (χ2v) is 6.04. The molecule has 1 unspecified atom stereocenters. The minimum absolute atomic E-state index is 0. The number of methoxy groups -OCH3 is 1. The molecule has 3 rings (SSSR count). The first-order chi connectivity index (χ1) is 11.6. The summed E-state index contributed by atoms with van der Waals surface area (Å²) in [6.45, 7) is 0.639. The van der Waals surface area contributed by atoms with Crippen LogP contribution in [0.15, 0.2) is 36.4 Å². The molecule has 0 bridgehead atoms. The zero-order chi connectivity index (χ0) is 17.1. The maximum absolute atomic E-state index is 12.7. The molecule has 1 heterocycles. The van der Waals surface area contributed by atoms with E-state index in [1.54, 1.807) is 6.07 Å². The molecular weight excluding hydrogens is 363 g/mol. The van der Waals surface area contributed by atoms with Gasteiger partial charge in [-0.05, 0) is 25.0 Å². The third-order valence-electron chi connectivity index (χ3n) is 4.06. The Morgan fingerprint density at radius 2 is 2.12 bits per heavy atom. The zero-order valence-electron chi connectivity index (χ0n) is 13.8. The van der Waals surface area contributed by atoms with Crippen molar-refractivity contribution in [2.75, 3.05) is 19.5 Å². The number of carbonyl (C=O) groups is 1. The zero-order valence-corrected chi connectivity index (χ0v) is 15.3. The molecule has 0 saturated carbocycles. The van der Waals surface area contributed by atoms with Crippen LogP contribution in [0.3, 0.4) is 0 Å². The summed E-state index contributed by atoms with van der Waals surface area (Å²) in [4.78, 5) is 12.7. The molecule has 5 nitrogen and oxygen atoms in total. The molecule has 0 radical (unpaired) electrons. The van der Waals surface area contributed by atoms with Crippen LogP contribution in [0.25, 0.3) is 0 Å². The van der Waals surface area contributed by atoms with E-state index in [-0.39, 0.29) is 24.4 Å². The summed E-state index contributed by atoms with van der Waals surface area (Å²) in [6.07, 6.45) is 1.66. The van der Waals surface area contributed by atoms with Crippen molar-refractivity contribution in [1.29, 1.82) is 0 Å². The minimum Gasteiger partial charge on any atom is -0.496 e. The molecule has 7 heteroatoms. The van der Waals surface area contributed by atoms with Gasteiger partial charge in [0, 0.05) is 11.6 Å². The number of nitrogens with two attached hydrogens (primary N) is 1. The highest BCUT2D eigenvalue weighted by Gasteiger charge is 2.23. The first-order valence-electron chi connectivity index (χ1n) is 7.75. The number of para-hydroxylation sites is 1. The van der Waals surface area contributed by atoms with E-state index in [2.05, 4.69) is 5.32 Å². The summed E-state index contributed by atoms with van der Waals surface area (Å²) in [6, 6.07) is 10.7. The molecule has 1 aliphatic heterocycles. The number of nitrogens with one attached hydrogen (secondary N) is 1. The van der Waals surface area contributed by atoms with Crippen LogP contribution in [-0.4, -0.2) is 19.6 Å². The maximum atomic E-state index is 12.7. The van der Waals surface area contributed by atoms with E-state index in [0.29, 0.717) is 28.6 Å². The fourth-order valence-electron chi connectivity index (χ4n) is 2.83. The van der Waals surface area contributed by atoms with Gasteiger partial charge in [-0.15, -0.1) is 12.4 Å². The Hall–Kier alpha value is -2.11. The number of halogens is 2. The van der Waals surface area contributed by atoms with Crippen LogP contribution in [0.1, 0.15) is 34.8 Å². The SMILES string of the molecule is COc1cc(N)c(Cl)cc1C(=O)NC1CCCOc2ccccc21.Cl. The van der Waals surface area contributed by atoms with Crippen molar-refractivity contribution < 1.29 is 14.3 Å². The Morgan fingerprint density at radius 1 is 1.36 bits per heavy atom. The Kier molecular flexibility index (Phi) is 6.39. The quantitative estimate of drug-likeness (QED) is 0.786. The number of amides is 1. The maximum Gasteiger partial charge on any atom is 0.255 e. The monoisotopic (exact) mass is 382 g/mol. The number of anilines is 1. The smallest absolute Gasteiger partial charge is 0.255 e. The van der Waals surface area contributed by atoms with Gasteiger partial charge in [0.1, 0.15) is 11.5 Å². The third kappa shape index (κ3) is 4.11. The van der Waals surface area contributed by atoms with Crippen molar-refractivity contribution in [3.05, 3.63) is 52.5 Å². The molecule has 0 aliphatic carbocycles. The van der Waals surface area contributed by atoms with Crippen LogP contribution in [0.2, 0.25) is 5.02 Å². The Labute approximate surface area is 157 Å². The largest absolute Gasteiger partial charge is 0.496 e. The lowest BCUT2D eigenvalue weighted by Gasteiger charge is -2.19. The average Bonchev–Trinajstić information content (AvgIpc) is 2.79. The van der Waals surface area contributed by atoms with Crippen LogP contribution in [0, 0.1) is 0 Å². The van der Waals surface area contributed by atoms with E-state index in [0.717, 1.165) is 24.2 Å². The molecule has 25 heavy (non-hydrogen) atoms. The molecular formula is C18H20Cl2N2O3. The van der Waals surface area contributed by atoms with Gasteiger partial charge in [-0.1, -0.05) is 29.8 Å². The Bertz CT molecular complexity index is 768. The van der Waals surface area contributed by atoms with Gasteiger partial charge in [-0.2, -0.15) is 0 Å². The van der Waals surface area contributed by atoms with Crippen LogP contribution < -0.4 is 20.5 Å². The van der Waals surface area contributed by atoms with E-state index in [1.807, 2.05) is 24.3 Å². The first kappa shape index (κ1) is 19.2. The van der Waals surface area contributed by atoms with Crippen LogP contribution >= 0.6 is 24.0 Å². The summed E-state index contributed by atoms with van der Waals surface area (Å²) in [5.41, 5.74) is 7.48. The summed E-state index contributed by atoms with van der Waals surface area (Å²) in [7, 11) is 1.49. The van der Waals surface area contributed by atoms with Gasteiger partial charge in [-0.25, -0.2) is 0 Å². The predicted octanol–water partition coefficient (Wildman–Crippen LogP) is 4.00. The molecule has 1 aliphatic rings. The minimum atomic E-state index is -0.254. The number of nitrogen functional groups attached to an aromatic ring is 1. The van der Waals surface area contributed by atoms with Gasteiger partial charge >= 0.3 is 0 Å². The lowest BCUT2D eigenvalue weighted by Crippen LogP contribution is -2.28. The highest BCUT2D eigenvalue weighted by Crippen LogP contribution is 2.33. The standard InChI is InChI=1S/C18H19ClN2O3.ClH/c1-23-17-10-14(20)13(19)9-12(17)18(22)21-15-6-4-8-24-16-7-3-2-5-11(15)16;/h2-3,5,7,9-10,15H,4,6,8,20H2,1H3,(H,21,22);1H. The van der Waals surface area contributed by atoms with Crippen LogP contribution in [0.5, 0.6) is 11.5 Å². The van der Waals surface area contributed by atoms with E-state index in [1.165, 1.54) is 13.2 Å². The fourth-order valence-corrected chi connectivity index (χ4v) is 2.99. The lowest BCUT2D eigenvalue weighted by molar-refractivity contribution is 0.0931. The van der Waals surface area contributed by atoms with Crippen molar-refractivity contribution >= 4 is 35.6 Å². The molecule has 3 N–H and O–H groups in total. The molecule has 0 spiro atoms. The van der Waals surface area contributed by atoms with E-state index in [4.69, 9.17) is 26.8 Å². The summed E-state index contributed by atoms with van der Waals surface area (Å²) < 4.78 is 11.0. The molecule has 1 amide bonds. The van der Waals surface area contributed by atoms with E-state index in [9.17, 15) is 4.79 Å². The van der Waals surface area contributed by atoms with Gasteiger partial charge in [0.25, 0.3) is 5.91 Å². The number of rotatable bonds is 3. The van der Waals surface area contributed by atoms with Crippen LogP contribution in [-0.2, 0) is 0 Å². The van der Waals surface area contributed by atoms with E-state index >= 15 is 0 Å². The van der Waals surface area contributed by atoms with Gasteiger partial charge in [0.05, 0.1) is 36.0 Å².